The number of amides is 3. The monoisotopic (exact) mass is 542 g/mol. The number of nitrogens with zero attached hydrogens (tertiary/aromatic N) is 1. The maximum Gasteiger partial charge on any atom is 0.293 e. The number of thioether (sulfide) groups is 1. The molecule has 10 heteroatoms. The summed E-state index contributed by atoms with van der Waals surface area (Å²) < 4.78 is 10.8. The van der Waals surface area contributed by atoms with Crippen LogP contribution in [-0.4, -0.2) is 35.7 Å². The first-order valence-corrected chi connectivity index (χ1v) is 12.3. The number of anilines is 1. The summed E-state index contributed by atoms with van der Waals surface area (Å²) in [6.07, 6.45) is 1.64. The minimum absolute atomic E-state index is 0.0998. The fraction of sp³-hybridized carbons (Fsp3) is 0.115. The Bertz CT molecular complexity index is 1340. The van der Waals surface area contributed by atoms with Crippen molar-refractivity contribution < 1.29 is 23.9 Å². The Morgan fingerprint density at radius 3 is 2.50 bits per heavy atom. The van der Waals surface area contributed by atoms with Crippen LogP contribution in [0.3, 0.4) is 0 Å². The number of hydrogen-bond donors (Lipinski definition) is 1. The highest BCUT2D eigenvalue weighted by molar-refractivity contribution is 8.18. The zero-order valence-corrected chi connectivity index (χ0v) is 21.3. The average Bonchev–Trinajstić information content (AvgIpc) is 3.13. The molecule has 3 aromatic carbocycles. The molecule has 1 heterocycles. The van der Waals surface area contributed by atoms with Gasteiger partial charge in [0, 0.05) is 0 Å². The number of methoxy groups -OCH3 is 1. The molecule has 0 bridgehead atoms. The van der Waals surface area contributed by atoms with E-state index >= 15 is 0 Å². The predicted molar refractivity (Wildman–Crippen MR) is 142 cm³/mol. The molecule has 4 rings (SSSR count). The van der Waals surface area contributed by atoms with Crippen molar-refractivity contribution >= 4 is 63.8 Å². The number of imide groups is 1. The summed E-state index contributed by atoms with van der Waals surface area (Å²) in [7, 11) is 1.53. The summed E-state index contributed by atoms with van der Waals surface area (Å²) in [4.78, 5) is 38.9. The summed E-state index contributed by atoms with van der Waals surface area (Å²) in [5, 5.41) is 3.14. The molecule has 3 aromatic rings. The van der Waals surface area contributed by atoms with Gasteiger partial charge in [0.25, 0.3) is 17.1 Å². The SMILES string of the molecule is COc1ccccc1NC(=O)COc1ccc(/C=C2\SC(=O)N(Cc3ccc(Cl)c(Cl)c3)C2=O)cc1. The van der Waals surface area contributed by atoms with Crippen molar-refractivity contribution in [2.75, 3.05) is 19.0 Å². The molecule has 0 spiro atoms. The van der Waals surface area contributed by atoms with Gasteiger partial charge in [0.15, 0.2) is 6.61 Å². The third kappa shape index (κ3) is 6.20. The quantitative estimate of drug-likeness (QED) is 0.338. The molecule has 1 fully saturated rings. The third-order valence-electron chi connectivity index (χ3n) is 5.13. The average molecular weight is 543 g/mol. The second kappa shape index (κ2) is 11.5. The first kappa shape index (κ1) is 25.6. The van der Waals surface area contributed by atoms with Crippen LogP contribution in [0.5, 0.6) is 11.5 Å². The molecule has 0 unspecified atom stereocenters. The van der Waals surface area contributed by atoms with Crippen molar-refractivity contribution in [2.24, 2.45) is 0 Å². The van der Waals surface area contributed by atoms with E-state index in [2.05, 4.69) is 5.32 Å². The Labute approximate surface area is 222 Å². The summed E-state index contributed by atoms with van der Waals surface area (Å²) in [6.45, 7) is -0.0897. The number of carbonyl (C=O) groups excluding carboxylic acids is 3. The smallest absolute Gasteiger partial charge is 0.293 e. The highest BCUT2D eigenvalue weighted by Crippen LogP contribution is 2.34. The van der Waals surface area contributed by atoms with Crippen LogP contribution in [0.1, 0.15) is 11.1 Å². The summed E-state index contributed by atoms with van der Waals surface area (Å²) in [6, 6.07) is 18.9. The molecule has 0 radical (unpaired) electrons. The van der Waals surface area contributed by atoms with Crippen LogP contribution in [0.4, 0.5) is 10.5 Å². The van der Waals surface area contributed by atoms with Crippen LogP contribution in [0.25, 0.3) is 6.08 Å². The molecule has 36 heavy (non-hydrogen) atoms. The molecular weight excluding hydrogens is 523 g/mol. The third-order valence-corrected chi connectivity index (χ3v) is 6.77. The number of nitrogens with one attached hydrogen (secondary N) is 1. The van der Waals surface area contributed by atoms with Crippen LogP contribution in [0.15, 0.2) is 71.6 Å². The van der Waals surface area contributed by atoms with Gasteiger partial charge in [0.1, 0.15) is 11.5 Å². The van der Waals surface area contributed by atoms with Gasteiger partial charge < -0.3 is 14.8 Å². The number of benzene rings is 3. The van der Waals surface area contributed by atoms with Crippen LogP contribution in [-0.2, 0) is 16.1 Å². The van der Waals surface area contributed by atoms with Crippen molar-refractivity contribution in [3.63, 3.8) is 0 Å². The predicted octanol–water partition coefficient (Wildman–Crippen LogP) is 6.26. The fourth-order valence-electron chi connectivity index (χ4n) is 3.35. The van der Waals surface area contributed by atoms with Crippen molar-refractivity contribution in [2.45, 2.75) is 6.54 Å². The number of para-hydroxylation sites is 2. The van der Waals surface area contributed by atoms with Gasteiger partial charge in [0.05, 0.1) is 34.3 Å². The van der Waals surface area contributed by atoms with Gasteiger partial charge in [-0.2, -0.15) is 0 Å². The minimum Gasteiger partial charge on any atom is -0.495 e. The molecule has 3 amide bonds. The van der Waals surface area contributed by atoms with E-state index in [1.165, 1.54) is 7.11 Å². The van der Waals surface area contributed by atoms with Crippen LogP contribution >= 0.6 is 35.0 Å². The highest BCUT2D eigenvalue weighted by Gasteiger charge is 2.35. The molecule has 0 aliphatic carbocycles. The molecule has 184 valence electrons. The van der Waals surface area contributed by atoms with Crippen molar-refractivity contribution in [3.8, 4) is 11.5 Å². The Kier molecular flexibility index (Phi) is 8.20. The molecule has 1 aliphatic rings. The van der Waals surface area contributed by atoms with Gasteiger partial charge in [-0.05, 0) is 65.4 Å². The molecule has 0 saturated carbocycles. The largest absolute Gasteiger partial charge is 0.495 e. The number of rotatable bonds is 8. The highest BCUT2D eigenvalue weighted by atomic mass is 35.5. The standard InChI is InChI=1S/C26H20Cl2N2O5S/c1-34-22-5-3-2-4-21(22)29-24(31)15-35-18-9-6-16(7-10-18)13-23-25(32)30(26(33)36-23)14-17-8-11-19(27)20(28)12-17/h2-13H,14-15H2,1H3,(H,29,31)/b23-13-. The Hall–Kier alpha value is -3.46. The second-order valence-corrected chi connectivity index (χ2v) is 9.43. The van der Waals surface area contributed by atoms with E-state index in [0.717, 1.165) is 16.7 Å². The maximum atomic E-state index is 12.8. The second-order valence-electron chi connectivity index (χ2n) is 7.62. The van der Waals surface area contributed by atoms with Crippen LogP contribution in [0, 0.1) is 0 Å². The number of hydrogen-bond acceptors (Lipinski definition) is 6. The number of carbonyl (C=O) groups is 3. The molecule has 1 N–H and O–H groups in total. The van der Waals surface area contributed by atoms with Crippen molar-refractivity contribution in [3.05, 3.63) is 92.8 Å². The van der Waals surface area contributed by atoms with Gasteiger partial charge in [0.2, 0.25) is 0 Å². The zero-order valence-electron chi connectivity index (χ0n) is 19.0. The van der Waals surface area contributed by atoms with E-state index in [-0.39, 0.29) is 30.2 Å². The number of halogens is 2. The van der Waals surface area contributed by atoms with Gasteiger partial charge in [-0.1, -0.05) is 53.5 Å². The van der Waals surface area contributed by atoms with E-state index < -0.39 is 0 Å². The molecular formula is C26H20Cl2N2O5S. The fourth-order valence-corrected chi connectivity index (χ4v) is 4.51. The van der Waals surface area contributed by atoms with Gasteiger partial charge in [-0.3, -0.25) is 19.3 Å². The lowest BCUT2D eigenvalue weighted by Crippen LogP contribution is -2.27. The van der Waals surface area contributed by atoms with Crippen molar-refractivity contribution in [1.29, 1.82) is 0 Å². The van der Waals surface area contributed by atoms with E-state index in [0.29, 0.717) is 43.3 Å². The van der Waals surface area contributed by atoms with Crippen molar-refractivity contribution in [1.82, 2.24) is 4.90 Å². The minimum atomic E-state index is -0.385. The van der Waals surface area contributed by atoms with Crippen LogP contribution < -0.4 is 14.8 Å². The van der Waals surface area contributed by atoms with Crippen LogP contribution in [0.2, 0.25) is 10.0 Å². The van der Waals surface area contributed by atoms with E-state index in [1.54, 1.807) is 66.7 Å². The molecule has 7 nitrogen and oxygen atoms in total. The lowest BCUT2D eigenvalue weighted by molar-refractivity contribution is -0.123. The zero-order chi connectivity index (χ0) is 25.7. The topological polar surface area (TPSA) is 84.9 Å². The first-order chi connectivity index (χ1) is 17.3. The molecule has 0 aromatic heterocycles. The Morgan fingerprint density at radius 2 is 1.78 bits per heavy atom. The van der Waals surface area contributed by atoms with E-state index in [1.807, 2.05) is 6.07 Å². The Morgan fingerprint density at radius 1 is 1.03 bits per heavy atom. The Balaban J connectivity index is 1.35. The molecule has 0 atom stereocenters. The molecule has 1 aliphatic heterocycles. The number of ether oxygens (including phenoxy) is 2. The maximum absolute atomic E-state index is 12.8. The van der Waals surface area contributed by atoms with E-state index in [4.69, 9.17) is 32.7 Å². The summed E-state index contributed by atoms with van der Waals surface area (Å²) in [5.74, 6) is 0.315. The summed E-state index contributed by atoms with van der Waals surface area (Å²) in [5.41, 5.74) is 1.96. The van der Waals surface area contributed by atoms with E-state index in [9.17, 15) is 14.4 Å². The normalized spacial score (nSPS) is 14.3. The summed E-state index contributed by atoms with van der Waals surface area (Å²) >= 11 is 12.8. The first-order valence-electron chi connectivity index (χ1n) is 10.7. The van der Waals surface area contributed by atoms with Gasteiger partial charge in [-0.15, -0.1) is 0 Å². The lowest BCUT2D eigenvalue weighted by atomic mass is 10.2. The lowest BCUT2D eigenvalue weighted by Gasteiger charge is -2.13. The van der Waals surface area contributed by atoms with Gasteiger partial charge in [-0.25, -0.2) is 0 Å². The molecule has 1 saturated heterocycles. The van der Waals surface area contributed by atoms with Gasteiger partial charge >= 0.3 is 0 Å².